The van der Waals surface area contributed by atoms with E-state index in [-0.39, 0.29) is 17.9 Å². The highest BCUT2D eigenvalue weighted by Gasteiger charge is 2.25. The maximum atomic E-state index is 13.5. The first-order valence-corrected chi connectivity index (χ1v) is 6.82. The fraction of sp³-hybridized carbons (Fsp3) is 0.636. The number of hydrogen-bond donors (Lipinski definition) is 2. The maximum absolute atomic E-state index is 13.5. The van der Waals surface area contributed by atoms with Gasteiger partial charge in [-0.2, -0.15) is 0 Å². The van der Waals surface area contributed by atoms with Crippen LogP contribution < -0.4 is 11.1 Å². The van der Waals surface area contributed by atoms with Gasteiger partial charge in [-0.05, 0) is 25.2 Å². The lowest BCUT2D eigenvalue weighted by Gasteiger charge is -2.32. The third-order valence-electron chi connectivity index (χ3n) is 3.03. The minimum absolute atomic E-state index is 0.195. The van der Waals surface area contributed by atoms with Crippen molar-refractivity contribution in [3.63, 3.8) is 0 Å². The van der Waals surface area contributed by atoms with E-state index in [1.54, 1.807) is 0 Å². The normalized spacial score (nSPS) is 29.1. The third kappa shape index (κ3) is 3.48. The summed E-state index contributed by atoms with van der Waals surface area (Å²) in [4.78, 5) is 7.86. The molecule has 1 aromatic heterocycles. The summed E-state index contributed by atoms with van der Waals surface area (Å²) in [5.74, 6) is 0.452. The summed E-state index contributed by atoms with van der Waals surface area (Å²) in [7, 11) is 0. The van der Waals surface area contributed by atoms with Crippen molar-refractivity contribution in [3.8, 4) is 0 Å². The Balaban J connectivity index is 2.07. The van der Waals surface area contributed by atoms with Crippen molar-refractivity contribution in [1.29, 1.82) is 0 Å². The van der Waals surface area contributed by atoms with Gasteiger partial charge in [-0.1, -0.05) is 6.92 Å². The highest BCUT2D eigenvalue weighted by atomic mass is 127. The van der Waals surface area contributed by atoms with Crippen LogP contribution in [-0.4, -0.2) is 22.1 Å². The van der Waals surface area contributed by atoms with E-state index < -0.39 is 5.82 Å². The number of rotatable bonds is 2. The predicted molar refractivity (Wildman–Crippen MR) is 73.1 cm³/mol. The van der Waals surface area contributed by atoms with E-state index in [0.717, 1.165) is 19.3 Å². The standard InChI is InChI=1S/C11H16FIN4/c1-6-2-7(14)4-8(3-6)16-10-9(12)5-15-11(13)17-10/h5-8H,2-4,14H2,1H3,(H,15,16,17). The molecule has 0 aromatic carbocycles. The zero-order valence-corrected chi connectivity index (χ0v) is 11.8. The summed E-state index contributed by atoms with van der Waals surface area (Å²) in [6.45, 7) is 2.17. The van der Waals surface area contributed by atoms with Crippen molar-refractivity contribution in [3.05, 3.63) is 15.8 Å². The Bertz CT molecular complexity index is 391. The molecule has 4 nitrogen and oxygen atoms in total. The van der Waals surface area contributed by atoms with E-state index in [2.05, 4.69) is 22.2 Å². The zero-order chi connectivity index (χ0) is 12.4. The molecule has 6 heteroatoms. The molecule has 1 aliphatic carbocycles. The van der Waals surface area contributed by atoms with Gasteiger partial charge in [0.2, 0.25) is 0 Å². The fourth-order valence-electron chi connectivity index (χ4n) is 2.41. The fourth-order valence-corrected chi connectivity index (χ4v) is 2.80. The first-order valence-electron chi connectivity index (χ1n) is 5.74. The number of anilines is 1. The molecule has 3 N–H and O–H groups in total. The number of nitrogens with two attached hydrogens (primary N) is 1. The van der Waals surface area contributed by atoms with Crippen LogP contribution in [0.5, 0.6) is 0 Å². The van der Waals surface area contributed by atoms with E-state index >= 15 is 0 Å². The largest absolute Gasteiger partial charge is 0.365 e. The average Bonchev–Trinajstić information content (AvgIpc) is 2.22. The van der Waals surface area contributed by atoms with Gasteiger partial charge in [0.15, 0.2) is 15.5 Å². The molecule has 1 saturated carbocycles. The van der Waals surface area contributed by atoms with Crippen LogP contribution in [-0.2, 0) is 0 Å². The lowest BCUT2D eigenvalue weighted by atomic mass is 9.84. The van der Waals surface area contributed by atoms with Crippen LogP contribution in [0.15, 0.2) is 6.20 Å². The van der Waals surface area contributed by atoms with Crippen molar-refractivity contribution in [1.82, 2.24) is 9.97 Å². The van der Waals surface area contributed by atoms with Crippen molar-refractivity contribution in [2.24, 2.45) is 11.7 Å². The van der Waals surface area contributed by atoms with Crippen LogP contribution >= 0.6 is 22.6 Å². The predicted octanol–water partition coefficient (Wildman–Crippen LogP) is 2.15. The van der Waals surface area contributed by atoms with Gasteiger partial charge in [0.25, 0.3) is 0 Å². The number of aromatic nitrogens is 2. The minimum Gasteiger partial charge on any atom is -0.365 e. The van der Waals surface area contributed by atoms with Gasteiger partial charge in [0.05, 0.1) is 6.20 Å². The molecule has 0 saturated heterocycles. The SMILES string of the molecule is CC1CC(N)CC(Nc2nc(I)ncc2F)C1. The van der Waals surface area contributed by atoms with Gasteiger partial charge in [0.1, 0.15) is 0 Å². The van der Waals surface area contributed by atoms with Gasteiger partial charge in [-0.25, -0.2) is 14.4 Å². The average molecular weight is 350 g/mol. The highest BCUT2D eigenvalue weighted by Crippen LogP contribution is 2.25. The minimum atomic E-state index is -0.405. The van der Waals surface area contributed by atoms with Gasteiger partial charge < -0.3 is 11.1 Å². The molecule has 0 bridgehead atoms. The first-order chi connectivity index (χ1) is 8.04. The van der Waals surface area contributed by atoms with Crippen molar-refractivity contribution < 1.29 is 4.39 Å². The molecular weight excluding hydrogens is 334 g/mol. The van der Waals surface area contributed by atoms with Gasteiger partial charge >= 0.3 is 0 Å². The molecule has 0 radical (unpaired) electrons. The lowest BCUT2D eigenvalue weighted by molar-refractivity contribution is 0.320. The van der Waals surface area contributed by atoms with Crippen LogP contribution in [0.25, 0.3) is 0 Å². The van der Waals surface area contributed by atoms with E-state index in [1.165, 1.54) is 6.20 Å². The van der Waals surface area contributed by atoms with E-state index in [9.17, 15) is 4.39 Å². The van der Waals surface area contributed by atoms with Gasteiger partial charge in [0, 0.05) is 34.7 Å². The number of nitrogens with zero attached hydrogens (tertiary/aromatic N) is 2. The van der Waals surface area contributed by atoms with Crippen LogP contribution in [0.4, 0.5) is 10.2 Å². The zero-order valence-electron chi connectivity index (χ0n) is 9.66. The summed E-state index contributed by atoms with van der Waals surface area (Å²) in [6, 6.07) is 0.397. The topological polar surface area (TPSA) is 63.8 Å². The molecule has 0 aliphatic heterocycles. The van der Waals surface area contributed by atoms with Gasteiger partial charge in [-0.3, -0.25) is 0 Å². The van der Waals surface area contributed by atoms with Gasteiger partial charge in [-0.15, -0.1) is 0 Å². The second-order valence-electron chi connectivity index (χ2n) is 4.75. The molecular formula is C11H16FIN4. The van der Waals surface area contributed by atoms with E-state index in [1.807, 2.05) is 22.6 Å². The Hall–Kier alpha value is -0.500. The number of hydrogen-bond acceptors (Lipinski definition) is 4. The highest BCUT2D eigenvalue weighted by molar-refractivity contribution is 14.1. The first kappa shape index (κ1) is 12.9. The Morgan fingerprint density at radius 1 is 1.47 bits per heavy atom. The second-order valence-corrected chi connectivity index (χ2v) is 5.71. The van der Waals surface area contributed by atoms with E-state index in [0.29, 0.717) is 9.75 Å². The monoisotopic (exact) mass is 350 g/mol. The molecule has 1 fully saturated rings. The molecule has 94 valence electrons. The van der Waals surface area contributed by atoms with Crippen LogP contribution in [0.1, 0.15) is 26.2 Å². The lowest BCUT2D eigenvalue weighted by Crippen LogP contribution is -2.38. The summed E-state index contributed by atoms with van der Waals surface area (Å²) < 4.78 is 14.0. The molecule has 17 heavy (non-hydrogen) atoms. The molecule has 3 unspecified atom stereocenters. The Morgan fingerprint density at radius 2 is 2.24 bits per heavy atom. The van der Waals surface area contributed by atoms with Crippen molar-refractivity contribution >= 4 is 28.4 Å². The molecule has 1 heterocycles. The second kappa shape index (κ2) is 5.43. The van der Waals surface area contributed by atoms with Crippen LogP contribution in [0.2, 0.25) is 0 Å². The molecule has 2 rings (SSSR count). The van der Waals surface area contributed by atoms with Crippen LogP contribution in [0, 0.1) is 15.6 Å². The molecule has 0 spiro atoms. The van der Waals surface area contributed by atoms with Crippen LogP contribution in [0.3, 0.4) is 0 Å². The van der Waals surface area contributed by atoms with Crippen molar-refractivity contribution in [2.75, 3.05) is 5.32 Å². The number of halogens is 2. The molecule has 3 atom stereocenters. The maximum Gasteiger partial charge on any atom is 0.192 e. The Kier molecular flexibility index (Phi) is 4.13. The quantitative estimate of drug-likeness (QED) is 0.634. The number of nitrogens with one attached hydrogen (secondary N) is 1. The van der Waals surface area contributed by atoms with Crippen molar-refractivity contribution in [2.45, 2.75) is 38.3 Å². The Morgan fingerprint density at radius 3 is 2.94 bits per heavy atom. The summed E-state index contributed by atoms with van der Waals surface area (Å²) in [5.41, 5.74) is 5.97. The van der Waals surface area contributed by atoms with E-state index in [4.69, 9.17) is 5.73 Å². The summed E-state index contributed by atoms with van der Waals surface area (Å²) in [6.07, 6.45) is 4.11. The third-order valence-corrected chi connectivity index (χ3v) is 3.55. The molecule has 1 aliphatic rings. The molecule has 0 amide bonds. The Labute approximate surface area is 114 Å². The molecule has 1 aromatic rings. The summed E-state index contributed by atoms with van der Waals surface area (Å²) >= 11 is 1.97. The summed E-state index contributed by atoms with van der Waals surface area (Å²) in [5, 5.41) is 3.14. The smallest absolute Gasteiger partial charge is 0.192 e.